The van der Waals surface area contributed by atoms with E-state index in [1.54, 1.807) is 11.3 Å². The zero-order chi connectivity index (χ0) is 6.91. The van der Waals surface area contributed by atoms with Crippen molar-refractivity contribution < 1.29 is 0 Å². The Bertz CT molecular complexity index is 175. The first-order valence-corrected chi connectivity index (χ1v) is 4.70. The van der Waals surface area contributed by atoms with Gasteiger partial charge in [0, 0.05) is 5.38 Å². The number of hydrogen-bond acceptors (Lipinski definition) is 2. The van der Waals surface area contributed by atoms with Crippen LogP contribution in [0.15, 0.2) is 10.9 Å². The number of nitrogens with zero attached hydrogens (tertiary/aromatic N) is 1. The molecule has 0 aliphatic carbocycles. The lowest BCUT2D eigenvalue weighted by Crippen LogP contribution is -2.05. The summed E-state index contributed by atoms with van der Waals surface area (Å²) in [5.41, 5.74) is 3.04. The quantitative estimate of drug-likeness (QED) is 0.554. The van der Waals surface area contributed by atoms with E-state index < -0.39 is 0 Å². The van der Waals surface area contributed by atoms with Crippen LogP contribution in [-0.4, -0.2) is 4.98 Å². The maximum absolute atomic E-state index is 4.20. The molecule has 50 valence electrons. The summed E-state index contributed by atoms with van der Waals surface area (Å²) in [6.07, 6.45) is 0. The van der Waals surface area contributed by atoms with Gasteiger partial charge in [-0.1, -0.05) is 22.6 Å². The van der Waals surface area contributed by atoms with Crippen LogP contribution in [0.4, 0.5) is 0 Å². The number of rotatable bonds is 1. The summed E-state index contributed by atoms with van der Waals surface area (Å²) in [6, 6.07) is 0. The first-order valence-electron chi connectivity index (χ1n) is 2.68. The highest BCUT2D eigenvalue weighted by atomic mass is 127. The number of alkyl halides is 1. The van der Waals surface area contributed by atoms with E-state index in [4.69, 9.17) is 0 Å². The Hall–Kier alpha value is 0.360. The highest BCUT2D eigenvalue weighted by Crippen LogP contribution is 2.29. The zero-order valence-corrected chi connectivity index (χ0v) is 8.36. The van der Waals surface area contributed by atoms with Crippen LogP contribution in [0, 0.1) is 0 Å². The number of aromatic nitrogens is 1. The summed E-state index contributed by atoms with van der Waals surface area (Å²) < 4.78 is 0.192. The second kappa shape index (κ2) is 2.54. The Morgan fingerprint density at radius 3 is 2.56 bits per heavy atom. The third-order valence-corrected chi connectivity index (χ3v) is 2.18. The van der Waals surface area contributed by atoms with E-state index in [1.807, 2.05) is 5.51 Å². The molecular formula is C6H8INS. The largest absolute Gasteiger partial charge is 0.248 e. The van der Waals surface area contributed by atoms with Gasteiger partial charge in [0.2, 0.25) is 0 Å². The van der Waals surface area contributed by atoms with Crippen LogP contribution in [0.2, 0.25) is 0 Å². The highest BCUT2D eigenvalue weighted by Gasteiger charge is 2.16. The van der Waals surface area contributed by atoms with Crippen molar-refractivity contribution in [3.05, 3.63) is 16.6 Å². The van der Waals surface area contributed by atoms with Crippen LogP contribution in [-0.2, 0) is 3.42 Å². The molecule has 0 atom stereocenters. The molecule has 0 saturated heterocycles. The lowest BCUT2D eigenvalue weighted by Gasteiger charge is -2.11. The minimum absolute atomic E-state index is 0.192. The van der Waals surface area contributed by atoms with Crippen molar-refractivity contribution in [2.75, 3.05) is 0 Å². The molecule has 1 rings (SSSR count). The van der Waals surface area contributed by atoms with Crippen LogP contribution < -0.4 is 0 Å². The molecule has 0 radical (unpaired) electrons. The van der Waals surface area contributed by atoms with Gasteiger partial charge < -0.3 is 0 Å². The molecule has 3 heteroatoms. The average Bonchev–Trinajstić information content (AvgIpc) is 2.08. The summed E-state index contributed by atoms with van der Waals surface area (Å²) in [6.45, 7) is 4.31. The van der Waals surface area contributed by atoms with Crippen molar-refractivity contribution in [3.63, 3.8) is 0 Å². The second-order valence-corrected chi connectivity index (χ2v) is 5.76. The van der Waals surface area contributed by atoms with Crippen molar-refractivity contribution in [3.8, 4) is 0 Å². The summed E-state index contributed by atoms with van der Waals surface area (Å²) >= 11 is 4.03. The van der Waals surface area contributed by atoms with E-state index in [0.29, 0.717) is 0 Å². The maximum atomic E-state index is 4.20. The molecule has 0 saturated carbocycles. The molecule has 0 spiro atoms. The van der Waals surface area contributed by atoms with Gasteiger partial charge >= 0.3 is 0 Å². The Balaban J connectivity index is 2.90. The minimum atomic E-state index is 0.192. The molecule has 0 aromatic carbocycles. The molecule has 0 aliphatic heterocycles. The Kier molecular flexibility index (Phi) is 2.10. The van der Waals surface area contributed by atoms with Gasteiger partial charge in [-0.3, -0.25) is 0 Å². The molecule has 0 N–H and O–H groups in total. The third-order valence-electron chi connectivity index (χ3n) is 1.04. The van der Waals surface area contributed by atoms with E-state index in [-0.39, 0.29) is 3.42 Å². The summed E-state index contributed by atoms with van der Waals surface area (Å²) in [4.78, 5) is 4.20. The predicted molar refractivity (Wildman–Crippen MR) is 49.2 cm³/mol. The lowest BCUT2D eigenvalue weighted by molar-refractivity contribution is 0.796. The SMILES string of the molecule is CC(C)(I)c1cscn1. The molecule has 1 aromatic rings. The smallest absolute Gasteiger partial charge is 0.0795 e. The summed E-state index contributed by atoms with van der Waals surface area (Å²) in [7, 11) is 0. The van der Waals surface area contributed by atoms with Gasteiger partial charge in [0.15, 0.2) is 0 Å². The normalized spacial score (nSPS) is 11.9. The molecule has 0 unspecified atom stereocenters. The Labute approximate surface area is 72.6 Å². The second-order valence-electron chi connectivity index (χ2n) is 2.35. The predicted octanol–water partition coefficient (Wildman–Crippen LogP) is 2.81. The molecule has 1 heterocycles. The van der Waals surface area contributed by atoms with E-state index >= 15 is 0 Å². The van der Waals surface area contributed by atoms with Crippen molar-refractivity contribution in [1.29, 1.82) is 0 Å². The van der Waals surface area contributed by atoms with Gasteiger partial charge in [0.05, 0.1) is 14.6 Å². The van der Waals surface area contributed by atoms with Gasteiger partial charge in [-0.05, 0) is 13.8 Å². The minimum Gasteiger partial charge on any atom is -0.248 e. The molecule has 0 fully saturated rings. The molecular weight excluding hydrogens is 245 g/mol. The molecule has 1 aromatic heterocycles. The van der Waals surface area contributed by atoms with Gasteiger partial charge in [0.25, 0.3) is 0 Å². The van der Waals surface area contributed by atoms with Crippen LogP contribution in [0.25, 0.3) is 0 Å². The Morgan fingerprint density at radius 1 is 1.67 bits per heavy atom. The van der Waals surface area contributed by atoms with Crippen molar-refractivity contribution in [1.82, 2.24) is 4.98 Å². The first-order chi connectivity index (χ1) is 4.11. The van der Waals surface area contributed by atoms with Crippen LogP contribution >= 0.6 is 33.9 Å². The standard InChI is InChI=1S/C6H8INS/c1-6(2,7)5-3-9-4-8-5/h3-4H,1-2H3. The van der Waals surface area contributed by atoms with Crippen molar-refractivity contribution >= 4 is 33.9 Å². The third kappa shape index (κ3) is 1.89. The molecule has 1 nitrogen and oxygen atoms in total. The van der Waals surface area contributed by atoms with Crippen LogP contribution in [0.3, 0.4) is 0 Å². The maximum Gasteiger partial charge on any atom is 0.0795 e. The van der Waals surface area contributed by atoms with Crippen LogP contribution in [0.5, 0.6) is 0 Å². The van der Waals surface area contributed by atoms with Gasteiger partial charge in [-0.15, -0.1) is 11.3 Å². The van der Waals surface area contributed by atoms with E-state index in [1.165, 1.54) is 5.69 Å². The van der Waals surface area contributed by atoms with E-state index in [0.717, 1.165) is 0 Å². The number of thiazole rings is 1. The fraction of sp³-hybridized carbons (Fsp3) is 0.500. The Morgan fingerprint density at radius 2 is 2.33 bits per heavy atom. The summed E-state index contributed by atoms with van der Waals surface area (Å²) in [5, 5.41) is 2.09. The van der Waals surface area contributed by atoms with E-state index in [2.05, 4.69) is 46.8 Å². The monoisotopic (exact) mass is 253 g/mol. The van der Waals surface area contributed by atoms with Gasteiger partial charge in [0.1, 0.15) is 0 Å². The lowest BCUT2D eigenvalue weighted by atomic mass is 10.2. The molecule has 9 heavy (non-hydrogen) atoms. The van der Waals surface area contributed by atoms with Crippen molar-refractivity contribution in [2.24, 2.45) is 0 Å². The first kappa shape index (κ1) is 7.47. The number of halogens is 1. The average molecular weight is 253 g/mol. The topological polar surface area (TPSA) is 12.9 Å². The fourth-order valence-corrected chi connectivity index (χ4v) is 1.73. The number of hydrogen-bond donors (Lipinski definition) is 0. The summed E-state index contributed by atoms with van der Waals surface area (Å²) in [5.74, 6) is 0. The van der Waals surface area contributed by atoms with Gasteiger partial charge in [-0.2, -0.15) is 0 Å². The zero-order valence-electron chi connectivity index (χ0n) is 5.39. The van der Waals surface area contributed by atoms with Crippen LogP contribution in [0.1, 0.15) is 19.5 Å². The van der Waals surface area contributed by atoms with Crippen molar-refractivity contribution in [2.45, 2.75) is 17.3 Å². The van der Waals surface area contributed by atoms with E-state index in [9.17, 15) is 0 Å². The molecule has 0 bridgehead atoms. The highest BCUT2D eigenvalue weighted by molar-refractivity contribution is 14.1. The fourth-order valence-electron chi connectivity index (χ4n) is 0.506. The molecule has 0 aliphatic rings. The van der Waals surface area contributed by atoms with Gasteiger partial charge in [-0.25, -0.2) is 4.98 Å². The molecule has 0 amide bonds.